The fourth-order valence-corrected chi connectivity index (χ4v) is 4.73. The zero-order valence-electron chi connectivity index (χ0n) is 14.0. The summed E-state index contributed by atoms with van der Waals surface area (Å²) in [7, 11) is 0. The molecule has 0 aromatic heterocycles. The van der Waals surface area contributed by atoms with Crippen LogP contribution in [0.1, 0.15) is 36.8 Å². The molecule has 24 heavy (non-hydrogen) atoms. The van der Waals surface area contributed by atoms with Crippen molar-refractivity contribution in [3.8, 4) is 0 Å². The Morgan fingerprint density at radius 3 is 2.33 bits per heavy atom. The molecule has 0 radical (unpaired) electrons. The minimum absolute atomic E-state index is 0.00480. The smallest absolute Gasteiger partial charge is 0.259 e. The minimum Gasteiger partial charge on any atom is -0.375 e. The quantitative estimate of drug-likeness (QED) is 0.891. The summed E-state index contributed by atoms with van der Waals surface area (Å²) in [5.74, 6) is 0.750. The van der Waals surface area contributed by atoms with Crippen LogP contribution in [0.2, 0.25) is 0 Å². The van der Waals surface area contributed by atoms with E-state index in [-0.39, 0.29) is 17.9 Å². The van der Waals surface area contributed by atoms with Crippen molar-refractivity contribution in [2.45, 2.75) is 37.3 Å². The maximum atomic E-state index is 13.3. The van der Waals surface area contributed by atoms with E-state index in [2.05, 4.69) is 6.58 Å². The van der Waals surface area contributed by atoms with E-state index < -0.39 is 5.60 Å². The van der Waals surface area contributed by atoms with Gasteiger partial charge < -0.3 is 15.7 Å². The van der Waals surface area contributed by atoms with Crippen LogP contribution in [0.5, 0.6) is 0 Å². The van der Waals surface area contributed by atoms with Gasteiger partial charge in [-0.2, -0.15) is 0 Å². The summed E-state index contributed by atoms with van der Waals surface area (Å²) in [5, 5.41) is 11.6. The zero-order valence-corrected chi connectivity index (χ0v) is 14.0. The third kappa shape index (κ3) is 2.32. The molecule has 4 heteroatoms. The highest BCUT2D eigenvalue weighted by molar-refractivity contribution is 5.87. The Labute approximate surface area is 143 Å². The second kappa shape index (κ2) is 5.71. The van der Waals surface area contributed by atoms with Gasteiger partial charge in [0.15, 0.2) is 5.60 Å². The van der Waals surface area contributed by atoms with E-state index >= 15 is 0 Å². The Balaban J connectivity index is 1.64. The third-order valence-corrected chi connectivity index (χ3v) is 6.41. The molecular formula is C20H26N2O2. The van der Waals surface area contributed by atoms with Gasteiger partial charge in [-0.1, -0.05) is 49.8 Å². The lowest BCUT2D eigenvalue weighted by Crippen LogP contribution is -2.51. The van der Waals surface area contributed by atoms with E-state index in [1.165, 1.54) is 0 Å². The number of rotatable bonds is 4. The Bertz CT molecular complexity index is 638. The molecule has 3 unspecified atom stereocenters. The van der Waals surface area contributed by atoms with E-state index in [9.17, 15) is 9.90 Å². The standard InChI is InChI=1S/C20H26N2O2/c1-2-13-7-9-15(10-8-13)20(24,14-5-3-4-6-14)19(23)22-11-16-17(12-22)18(16)21/h2,7-10,14,16-18,24H,1,3-6,11-12,21H2. The van der Waals surface area contributed by atoms with Gasteiger partial charge in [-0.3, -0.25) is 4.79 Å². The molecule has 1 aromatic carbocycles. The maximum Gasteiger partial charge on any atom is 0.259 e. The molecule has 2 saturated carbocycles. The first-order valence-corrected chi connectivity index (χ1v) is 9.06. The van der Waals surface area contributed by atoms with Crippen molar-refractivity contribution in [1.29, 1.82) is 0 Å². The van der Waals surface area contributed by atoms with Crippen molar-refractivity contribution in [3.05, 3.63) is 42.0 Å². The molecule has 1 aliphatic heterocycles. The summed E-state index contributed by atoms with van der Waals surface area (Å²) in [6.07, 6.45) is 5.76. The number of amides is 1. The summed E-state index contributed by atoms with van der Waals surface area (Å²) < 4.78 is 0. The largest absolute Gasteiger partial charge is 0.375 e. The molecule has 1 aromatic rings. The van der Waals surface area contributed by atoms with Crippen molar-refractivity contribution in [3.63, 3.8) is 0 Å². The first kappa shape index (κ1) is 15.9. The molecule has 0 bridgehead atoms. The molecule has 1 heterocycles. The Kier molecular flexibility index (Phi) is 3.77. The Hall–Kier alpha value is -1.65. The second-order valence-electron chi connectivity index (χ2n) is 7.69. The average Bonchev–Trinajstić information content (AvgIpc) is 3.08. The molecule has 3 N–H and O–H groups in total. The van der Waals surface area contributed by atoms with E-state index in [1.807, 2.05) is 29.2 Å². The van der Waals surface area contributed by atoms with Crippen LogP contribution >= 0.6 is 0 Å². The van der Waals surface area contributed by atoms with Crippen molar-refractivity contribution in [2.75, 3.05) is 13.1 Å². The lowest BCUT2D eigenvalue weighted by Gasteiger charge is -2.37. The van der Waals surface area contributed by atoms with Crippen LogP contribution in [-0.2, 0) is 10.4 Å². The van der Waals surface area contributed by atoms with Crippen molar-refractivity contribution in [2.24, 2.45) is 23.5 Å². The Morgan fingerprint density at radius 2 is 1.79 bits per heavy atom. The maximum absolute atomic E-state index is 13.3. The summed E-state index contributed by atoms with van der Waals surface area (Å²) in [6, 6.07) is 7.87. The summed E-state index contributed by atoms with van der Waals surface area (Å²) >= 11 is 0. The number of hydrogen-bond donors (Lipinski definition) is 2. The fraction of sp³-hybridized carbons (Fsp3) is 0.550. The Morgan fingerprint density at radius 1 is 1.21 bits per heavy atom. The molecule has 0 spiro atoms. The molecule has 2 aliphatic carbocycles. The number of likely N-dealkylation sites (tertiary alicyclic amines) is 1. The van der Waals surface area contributed by atoms with Gasteiger partial charge in [-0.25, -0.2) is 0 Å². The molecule has 128 valence electrons. The summed E-state index contributed by atoms with van der Waals surface area (Å²) in [5.41, 5.74) is 6.30. The monoisotopic (exact) mass is 326 g/mol. The van der Waals surface area contributed by atoms with E-state index in [0.717, 1.165) is 36.8 Å². The van der Waals surface area contributed by atoms with E-state index in [4.69, 9.17) is 5.73 Å². The van der Waals surface area contributed by atoms with Gasteiger partial charge in [-0.05, 0) is 35.8 Å². The molecule has 3 aliphatic rings. The highest BCUT2D eigenvalue weighted by Crippen LogP contribution is 2.47. The number of carbonyl (C=O) groups is 1. The van der Waals surface area contributed by atoms with Gasteiger partial charge in [0.05, 0.1) is 0 Å². The fourth-order valence-electron chi connectivity index (χ4n) is 4.73. The lowest BCUT2D eigenvalue weighted by molar-refractivity contribution is -0.158. The number of benzene rings is 1. The van der Waals surface area contributed by atoms with Crippen molar-refractivity contribution in [1.82, 2.24) is 4.90 Å². The predicted octanol–water partition coefficient (Wildman–Crippen LogP) is 2.12. The molecule has 4 nitrogen and oxygen atoms in total. The van der Waals surface area contributed by atoms with Gasteiger partial charge in [0.1, 0.15) is 0 Å². The highest BCUT2D eigenvalue weighted by Gasteiger charge is 2.58. The van der Waals surface area contributed by atoms with Gasteiger partial charge >= 0.3 is 0 Å². The van der Waals surface area contributed by atoms with Crippen molar-refractivity contribution >= 4 is 12.0 Å². The molecular weight excluding hydrogens is 300 g/mol. The van der Waals surface area contributed by atoms with E-state index in [0.29, 0.717) is 24.9 Å². The number of fused-ring (bicyclic) bond motifs is 1. The van der Waals surface area contributed by atoms with Gasteiger partial charge in [0.2, 0.25) is 0 Å². The predicted molar refractivity (Wildman–Crippen MR) is 93.9 cm³/mol. The summed E-state index contributed by atoms with van der Waals surface area (Å²) in [6.45, 7) is 5.17. The normalized spacial score (nSPS) is 31.6. The number of piperidine rings is 1. The molecule has 1 saturated heterocycles. The molecule has 4 rings (SSSR count). The van der Waals surface area contributed by atoms with Gasteiger partial charge in [0, 0.05) is 25.0 Å². The topological polar surface area (TPSA) is 66.6 Å². The first-order valence-electron chi connectivity index (χ1n) is 9.06. The number of carbonyl (C=O) groups excluding carboxylic acids is 1. The SMILES string of the molecule is C=Cc1ccc(C(O)(C(=O)N2CC3C(N)C3C2)C2CCCC2)cc1. The van der Waals surface area contributed by atoms with Crippen LogP contribution in [0, 0.1) is 17.8 Å². The van der Waals surface area contributed by atoms with Crippen LogP contribution in [0.15, 0.2) is 30.8 Å². The molecule has 3 atom stereocenters. The highest BCUT2D eigenvalue weighted by atomic mass is 16.3. The average molecular weight is 326 g/mol. The minimum atomic E-state index is -1.41. The van der Waals surface area contributed by atoms with Gasteiger partial charge in [-0.15, -0.1) is 0 Å². The first-order chi connectivity index (χ1) is 11.6. The lowest BCUT2D eigenvalue weighted by atomic mass is 9.78. The van der Waals surface area contributed by atoms with E-state index in [1.54, 1.807) is 6.08 Å². The third-order valence-electron chi connectivity index (χ3n) is 6.41. The van der Waals surface area contributed by atoms with Gasteiger partial charge in [0.25, 0.3) is 5.91 Å². The number of nitrogens with zero attached hydrogens (tertiary/aromatic N) is 1. The van der Waals surface area contributed by atoms with Crippen LogP contribution in [-0.4, -0.2) is 35.0 Å². The summed E-state index contributed by atoms with van der Waals surface area (Å²) in [4.78, 5) is 15.1. The van der Waals surface area contributed by atoms with Crippen molar-refractivity contribution < 1.29 is 9.90 Å². The molecule has 3 fully saturated rings. The second-order valence-corrected chi connectivity index (χ2v) is 7.69. The van der Waals surface area contributed by atoms with Crippen LogP contribution < -0.4 is 5.73 Å². The molecule has 1 amide bonds. The number of aliphatic hydroxyl groups is 1. The van der Waals surface area contributed by atoms with Crippen LogP contribution in [0.4, 0.5) is 0 Å². The van der Waals surface area contributed by atoms with Crippen LogP contribution in [0.25, 0.3) is 6.08 Å². The number of nitrogens with two attached hydrogens (primary N) is 1. The van der Waals surface area contributed by atoms with Crippen LogP contribution in [0.3, 0.4) is 0 Å². The zero-order chi connectivity index (χ0) is 16.9. The number of hydrogen-bond acceptors (Lipinski definition) is 3.